The van der Waals surface area contributed by atoms with E-state index >= 15 is 0 Å². The third kappa shape index (κ3) is 4.50. The summed E-state index contributed by atoms with van der Waals surface area (Å²) in [7, 11) is 0. The number of aromatic carboxylic acids is 1. The zero-order valence-electron chi connectivity index (χ0n) is 15.0. The Morgan fingerprint density at radius 1 is 1.27 bits per heavy atom. The Balaban J connectivity index is 1.50. The van der Waals surface area contributed by atoms with Crippen LogP contribution in [0.15, 0.2) is 42.7 Å². The highest BCUT2D eigenvalue weighted by Crippen LogP contribution is 2.23. The van der Waals surface area contributed by atoms with Gasteiger partial charge in [0.05, 0.1) is 18.0 Å². The predicted octanol–water partition coefficient (Wildman–Crippen LogP) is 2.70. The Labute approximate surface area is 153 Å². The predicted molar refractivity (Wildman–Crippen MR) is 97.8 cm³/mol. The van der Waals surface area contributed by atoms with Crippen molar-refractivity contribution in [1.82, 2.24) is 14.7 Å². The number of hydrogen-bond donors (Lipinski definition) is 1. The minimum Gasteiger partial charge on any atom is -0.478 e. The van der Waals surface area contributed by atoms with Crippen molar-refractivity contribution in [2.24, 2.45) is 11.8 Å². The van der Waals surface area contributed by atoms with Crippen molar-refractivity contribution in [3.63, 3.8) is 0 Å². The molecule has 1 aliphatic heterocycles. The van der Waals surface area contributed by atoms with Gasteiger partial charge in [-0.2, -0.15) is 5.10 Å². The topological polar surface area (TPSA) is 75.4 Å². The molecule has 1 aliphatic rings. The van der Waals surface area contributed by atoms with Crippen LogP contribution in [-0.4, -0.2) is 44.8 Å². The SMILES string of the molecule is C[C@H](Cn1cccn1)C(=O)N1CCC(Cc2cccc(C(=O)O)c2)CC1. The molecule has 0 aliphatic carbocycles. The molecule has 2 aromatic rings. The van der Waals surface area contributed by atoms with Crippen LogP contribution in [0.2, 0.25) is 0 Å². The van der Waals surface area contributed by atoms with Crippen molar-refractivity contribution in [2.45, 2.75) is 32.7 Å². The number of carboxylic acid groups (broad SMARTS) is 1. The van der Waals surface area contributed by atoms with E-state index in [1.54, 1.807) is 29.1 Å². The Hall–Kier alpha value is -2.63. The average molecular weight is 355 g/mol. The molecule has 1 aromatic carbocycles. The van der Waals surface area contributed by atoms with Crippen LogP contribution in [0.3, 0.4) is 0 Å². The summed E-state index contributed by atoms with van der Waals surface area (Å²) in [6, 6.07) is 9.02. The molecule has 3 rings (SSSR count). The van der Waals surface area contributed by atoms with Gasteiger partial charge in [-0.3, -0.25) is 9.48 Å². The molecule has 1 N–H and O–H groups in total. The highest BCUT2D eigenvalue weighted by atomic mass is 16.4. The minimum atomic E-state index is -0.890. The molecule has 6 heteroatoms. The zero-order valence-corrected chi connectivity index (χ0v) is 15.0. The number of hydrogen-bond acceptors (Lipinski definition) is 3. The number of carbonyl (C=O) groups is 2. The minimum absolute atomic E-state index is 0.0845. The van der Waals surface area contributed by atoms with Gasteiger partial charge in [0.2, 0.25) is 5.91 Å². The van der Waals surface area contributed by atoms with Crippen molar-refractivity contribution in [1.29, 1.82) is 0 Å². The van der Waals surface area contributed by atoms with Crippen molar-refractivity contribution in [3.05, 3.63) is 53.9 Å². The van der Waals surface area contributed by atoms with Crippen molar-refractivity contribution >= 4 is 11.9 Å². The second kappa shape index (κ2) is 8.17. The van der Waals surface area contributed by atoms with Crippen molar-refractivity contribution in [2.75, 3.05) is 13.1 Å². The lowest BCUT2D eigenvalue weighted by Gasteiger charge is -2.33. The number of likely N-dealkylation sites (tertiary alicyclic amines) is 1. The number of carbonyl (C=O) groups excluding carboxylic acids is 1. The van der Waals surface area contributed by atoms with Crippen molar-refractivity contribution in [3.8, 4) is 0 Å². The van der Waals surface area contributed by atoms with Crippen molar-refractivity contribution < 1.29 is 14.7 Å². The van der Waals surface area contributed by atoms with Crippen LogP contribution in [0.25, 0.3) is 0 Å². The van der Waals surface area contributed by atoms with Gasteiger partial charge in [-0.15, -0.1) is 0 Å². The first kappa shape index (κ1) is 18.2. The van der Waals surface area contributed by atoms with E-state index in [0.717, 1.165) is 37.9 Å². The smallest absolute Gasteiger partial charge is 0.335 e. The maximum absolute atomic E-state index is 12.6. The summed E-state index contributed by atoms with van der Waals surface area (Å²) in [4.78, 5) is 25.7. The molecule has 0 saturated carbocycles. The maximum Gasteiger partial charge on any atom is 0.335 e. The first-order valence-electron chi connectivity index (χ1n) is 9.11. The van der Waals surface area contributed by atoms with Gasteiger partial charge in [0.25, 0.3) is 0 Å². The Kier molecular flexibility index (Phi) is 5.71. The van der Waals surface area contributed by atoms with Gasteiger partial charge in [0.15, 0.2) is 0 Å². The monoisotopic (exact) mass is 355 g/mol. The van der Waals surface area contributed by atoms with E-state index < -0.39 is 5.97 Å². The molecule has 6 nitrogen and oxygen atoms in total. The summed E-state index contributed by atoms with van der Waals surface area (Å²) in [5, 5.41) is 13.3. The van der Waals surface area contributed by atoms with Crippen LogP contribution in [0.4, 0.5) is 0 Å². The van der Waals surface area contributed by atoms with E-state index in [2.05, 4.69) is 5.10 Å². The third-order valence-electron chi connectivity index (χ3n) is 5.07. The number of benzene rings is 1. The molecule has 1 fully saturated rings. The first-order valence-corrected chi connectivity index (χ1v) is 9.11. The Bertz CT molecular complexity index is 749. The van der Waals surface area contributed by atoms with Gasteiger partial charge in [0, 0.05) is 25.5 Å². The van der Waals surface area contributed by atoms with E-state index in [0.29, 0.717) is 18.0 Å². The Morgan fingerprint density at radius 3 is 2.69 bits per heavy atom. The summed E-state index contributed by atoms with van der Waals surface area (Å²) >= 11 is 0. The molecule has 0 spiro atoms. The van der Waals surface area contributed by atoms with Crippen LogP contribution in [0, 0.1) is 11.8 Å². The lowest BCUT2D eigenvalue weighted by Crippen LogP contribution is -2.42. The number of piperidine rings is 1. The number of carboxylic acids is 1. The normalized spacial score (nSPS) is 16.4. The van der Waals surface area contributed by atoms with Gasteiger partial charge < -0.3 is 10.0 Å². The van der Waals surface area contributed by atoms with Gasteiger partial charge in [-0.1, -0.05) is 19.1 Å². The van der Waals surface area contributed by atoms with E-state index in [-0.39, 0.29) is 11.8 Å². The maximum atomic E-state index is 12.6. The fourth-order valence-electron chi connectivity index (χ4n) is 3.60. The van der Waals surface area contributed by atoms with Crippen LogP contribution >= 0.6 is 0 Å². The fraction of sp³-hybridized carbons (Fsp3) is 0.450. The lowest BCUT2D eigenvalue weighted by molar-refractivity contribution is -0.136. The molecule has 26 heavy (non-hydrogen) atoms. The van der Waals surface area contributed by atoms with Gasteiger partial charge in [-0.05, 0) is 48.9 Å². The average Bonchev–Trinajstić information content (AvgIpc) is 3.15. The first-order chi connectivity index (χ1) is 12.5. The van der Waals surface area contributed by atoms with Gasteiger partial charge in [-0.25, -0.2) is 4.79 Å². The largest absolute Gasteiger partial charge is 0.478 e. The molecule has 1 aromatic heterocycles. The quantitative estimate of drug-likeness (QED) is 0.864. The van der Waals surface area contributed by atoms with E-state index in [4.69, 9.17) is 5.11 Å². The molecule has 1 amide bonds. The second-order valence-electron chi connectivity index (χ2n) is 7.11. The summed E-state index contributed by atoms with van der Waals surface area (Å²) in [6.45, 7) is 4.10. The fourth-order valence-corrected chi connectivity index (χ4v) is 3.60. The zero-order chi connectivity index (χ0) is 18.5. The molecule has 0 unspecified atom stereocenters. The third-order valence-corrected chi connectivity index (χ3v) is 5.07. The number of nitrogens with zero attached hydrogens (tertiary/aromatic N) is 3. The molecule has 1 saturated heterocycles. The lowest BCUT2D eigenvalue weighted by atomic mass is 9.89. The summed E-state index contributed by atoms with van der Waals surface area (Å²) in [5.41, 5.74) is 1.39. The molecule has 138 valence electrons. The molecule has 0 bridgehead atoms. The molecule has 2 heterocycles. The van der Waals surface area contributed by atoms with E-state index in [1.165, 1.54) is 0 Å². The molecular formula is C20H25N3O3. The highest BCUT2D eigenvalue weighted by Gasteiger charge is 2.26. The highest BCUT2D eigenvalue weighted by molar-refractivity contribution is 5.87. The van der Waals surface area contributed by atoms with E-state index in [1.807, 2.05) is 30.2 Å². The van der Waals surface area contributed by atoms with Crippen LogP contribution in [0.1, 0.15) is 35.7 Å². The van der Waals surface area contributed by atoms with Crippen LogP contribution in [-0.2, 0) is 17.8 Å². The standard InChI is InChI=1S/C20H25N3O3/c1-15(14-23-9-3-8-21-23)19(24)22-10-6-16(7-11-22)12-17-4-2-5-18(13-17)20(25)26/h2-5,8-9,13,15-16H,6-7,10-12,14H2,1H3,(H,25,26)/t15-/m1/s1. The van der Waals surface area contributed by atoms with Gasteiger partial charge in [0.1, 0.15) is 0 Å². The van der Waals surface area contributed by atoms with Crippen LogP contribution in [0.5, 0.6) is 0 Å². The number of amides is 1. The van der Waals surface area contributed by atoms with E-state index in [9.17, 15) is 9.59 Å². The summed E-state index contributed by atoms with van der Waals surface area (Å²) < 4.78 is 1.80. The number of aromatic nitrogens is 2. The molecule has 1 atom stereocenters. The second-order valence-corrected chi connectivity index (χ2v) is 7.11. The van der Waals surface area contributed by atoms with Gasteiger partial charge >= 0.3 is 5.97 Å². The van der Waals surface area contributed by atoms with Crippen LogP contribution < -0.4 is 0 Å². The number of rotatable bonds is 6. The summed E-state index contributed by atoms with van der Waals surface area (Å²) in [6.07, 6.45) is 6.38. The molecular weight excluding hydrogens is 330 g/mol. The Morgan fingerprint density at radius 2 is 2.04 bits per heavy atom. The molecule has 0 radical (unpaired) electrons. The summed E-state index contributed by atoms with van der Waals surface area (Å²) in [5.74, 6) is -0.298.